The summed E-state index contributed by atoms with van der Waals surface area (Å²) in [5.41, 5.74) is 3.38. The topological polar surface area (TPSA) is 79.0 Å². The Morgan fingerprint density at radius 3 is 2.57 bits per heavy atom. The van der Waals surface area contributed by atoms with Crippen molar-refractivity contribution in [2.45, 2.75) is 36.8 Å². The molecule has 1 saturated heterocycles. The van der Waals surface area contributed by atoms with Crippen LogP contribution in [0.1, 0.15) is 24.0 Å². The molecule has 8 heteroatoms. The first-order chi connectivity index (χ1) is 14.3. The van der Waals surface area contributed by atoms with Crippen LogP contribution >= 0.6 is 0 Å². The monoisotopic (exact) mass is 429 g/mol. The SMILES string of the molecule is CN(C)c1ccc(CN(C[C@H]2CCCO2)S(=O)(=O)c2ccc3c(c2)CC(=O)N3)cc1. The molecule has 2 aliphatic heterocycles. The number of ether oxygens (including phenoxy) is 1. The lowest BCUT2D eigenvalue weighted by molar-refractivity contribution is -0.115. The summed E-state index contributed by atoms with van der Waals surface area (Å²) >= 11 is 0. The second-order valence-electron chi connectivity index (χ2n) is 8.04. The maximum atomic E-state index is 13.5. The van der Waals surface area contributed by atoms with Gasteiger partial charge in [-0.25, -0.2) is 8.42 Å². The molecular weight excluding hydrogens is 402 g/mol. The number of nitrogens with one attached hydrogen (secondary N) is 1. The minimum absolute atomic E-state index is 0.0986. The van der Waals surface area contributed by atoms with Crippen LogP contribution in [0.5, 0.6) is 0 Å². The van der Waals surface area contributed by atoms with E-state index in [4.69, 9.17) is 4.74 Å². The van der Waals surface area contributed by atoms with E-state index < -0.39 is 10.0 Å². The van der Waals surface area contributed by atoms with Gasteiger partial charge in [-0.3, -0.25) is 4.79 Å². The number of amides is 1. The molecule has 0 aliphatic carbocycles. The summed E-state index contributed by atoms with van der Waals surface area (Å²) in [5, 5.41) is 2.75. The molecule has 2 aromatic rings. The first-order valence-electron chi connectivity index (χ1n) is 10.1. The van der Waals surface area contributed by atoms with Crippen LogP contribution in [0.2, 0.25) is 0 Å². The predicted octanol–water partition coefficient (Wildman–Crippen LogP) is 2.62. The van der Waals surface area contributed by atoms with Gasteiger partial charge in [0.25, 0.3) is 0 Å². The first kappa shape index (κ1) is 20.8. The van der Waals surface area contributed by atoms with Crippen molar-refractivity contribution in [1.29, 1.82) is 0 Å². The molecule has 2 aromatic carbocycles. The van der Waals surface area contributed by atoms with Crippen LogP contribution in [0.3, 0.4) is 0 Å². The van der Waals surface area contributed by atoms with Gasteiger partial charge in [-0.1, -0.05) is 12.1 Å². The second-order valence-corrected chi connectivity index (χ2v) is 9.98. The summed E-state index contributed by atoms with van der Waals surface area (Å²) in [5.74, 6) is -0.114. The molecule has 0 bridgehead atoms. The first-order valence-corrected chi connectivity index (χ1v) is 11.6. The van der Waals surface area contributed by atoms with Gasteiger partial charge >= 0.3 is 0 Å². The number of anilines is 2. The third-order valence-electron chi connectivity index (χ3n) is 5.58. The van der Waals surface area contributed by atoms with Crippen molar-refractivity contribution in [3.8, 4) is 0 Å². The average molecular weight is 430 g/mol. The Balaban J connectivity index is 1.62. The van der Waals surface area contributed by atoms with E-state index in [9.17, 15) is 13.2 Å². The van der Waals surface area contributed by atoms with Crippen LogP contribution in [0.4, 0.5) is 11.4 Å². The Labute approximate surface area is 177 Å². The summed E-state index contributed by atoms with van der Waals surface area (Å²) in [7, 11) is 0.189. The zero-order valence-corrected chi connectivity index (χ0v) is 18.1. The van der Waals surface area contributed by atoms with Crippen molar-refractivity contribution in [1.82, 2.24) is 4.31 Å². The van der Waals surface area contributed by atoms with E-state index in [0.717, 1.165) is 24.1 Å². The number of benzene rings is 2. The molecule has 30 heavy (non-hydrogen) atoms. The fourth-order valence-electron chi connectivity index (χ4n) is 3.88. The van der Waals surface area contributed by atoms with Gasteiger partial charge in [-0.05, 0) is 54.3 Å². The van der Waals surface area contributed by atoms with Crippen LogP contribution in [-0.4, -0.2) is 52.0 Å². The maximum absolute atomic E-state index is 13.5. The van der Waals surface area contributed by atoms with Gasteiger partial charge in [0.1, 0.15) is 0 Å². The maximum Gasteiger partial charge on any atom is 0.243 e. The molecule has 1 fully saturated rings. The average Bonchev–Trinajstić information content (AvgIpc) is 3.35. The highest BCUT2D eigenvalue weighted by Gasteiger charge is 2.30. The molecule has 2 aliphatic rings. The van der Waals surface area contributed by atoms with E-state index in [2.05, 4.69) is 5.32 Å². The summed E-state index contributed by atoms with van der Waals surface area (Å²) in [4.78, 5) is 13.9. The lowest BCUT2D eigenvalue weighted by Gasteiger charge is -2.25. The van der Waals surface area contributed by atoms with Crippen LogP contribution < -0.4 is 10.2 Å². The largest absolute Gasteiger partial charge is 0.378 e. The molecular formula is C22H27N3O4S. The minimum atomic E-state index is -3.75. The highest BCUT2D eigenvalue weighted by atomic mass is 32.2. The number of fused-ring (bicyclic) bond motifs is 1. The highest BCUT2D eigenvalue weighted by Crippen LogP contribution is 2.29. The van der Waals surface area contributed by atoms with Crippen molar-refractivity contribution < 1.29 is 17.9 Å². The van der Waals surface area contributed by atoms with Crippen LogP contribution in [0, 0.1) is 0 Å². The predicted molar refractivity (Wildman–Crippen MR) is 116 cm³/mol. The highest BCUT2D eigenvalue weighted by molar-refractivity contribution is 7.89. The number of carbonyl (C=O) groups excluding carboxylic acids is 1. The van der Waals surface area contributed by atoms with Crippen molar-refractivity contribution in [3.05, 3.63) is 53.6 Å². The Morgan fingerprint density at radius 2 is 1.90 bits per heavy atom. The molecule has 0 radical (unpaired) electrons. The lowest BCUT2D eigenvalue weighted by Crippen LogP contribution is -2.37. The van der Waals surface area contributed by atoms with E-state index in [0.29, 0.717) is 24.4 Å². The van der Waals surface area contributed by atoms with Crippen molar-refractivity contribution in [2.24, 2.45) is 0 Å². The number of hydrogen-bond donors (Lipinski definition) is 1. The third-order valence-corrected chi connectivity index (χ3v) is 7.39. The second kappa shape index (κ2) is 8.37. The van der Waals surface area contributed by atoms with Crippen LogP contribution in [-0.2, 0) is 32.5 Å². The van der Waals surface area contributed by atoms with Gasteiger partial charge in [0.05, 0.1) is 17.4 Å². The Bertz CT molecular complexity index is 1030. The molecule has 1 atom stereocenters. The number of nitrogens with zero attached hydrogens (tertiary/aromatic N) is 2. The zero-order chi connectivity index (χ0) is 21.3. The molecule has 160 valence electrons. The number of rotatable bonds is 7. The number of hydrogen-bond acceptors (Lipinski definition) is 5. The fourth-order valence-corrected chi connectivity index (χ4v) is 5.39. The van der Waals surface area contributed by atoms with Crippen molar-refractivity contribution >= 4 is 27.3 Å². The minimum Gasteiger partial charge on any atom is -0.378 e. The molecule has 2 heterocycles. The summed E-state index contributed by atoms with van der Waals surface area (Å²) in [6.45, 7) is 1.25. The van der Waals surface area contributed by atoms with Gasteiger partial charge < -0.3 is 15.0 Å². The quantitative estimate of drug-likeness (QED) is 0.732. The smallest absolute Gasteiger partial charge is 0.243 e. The van der Waals surface area contributed by atoms with Crippen molar-refractivity contribution in [3.63, 3.8) is 0 Å². The standard InChI is InChI=1S/C22H27N3O4S/c1-24(2)18-7-5-16(6-8-18)14-25(15-19-4-3-11-29-19)30(27,28)20-9-10-21-17(12-20)13-22(26)23-21/h5-10,12,19H,3-4,11,13-15H2,1-2H3,(H,23,26)/t19-/m1/s1. The summed E-state index contributed by atoms with van der Waals surface area (Å²) in [6.07, 6.45) is 1.91. The molecule has 0 spiro atoms. The Kier molecular flexibility index (Phi) is 5.81. The van der Waals surface area contributed by atoms with E-state index in [1.54, 1.807) is 18.2 Å². The summed E-state index contributed by atoms with van der Waals surface area (Å²) < 4.78 is 34.3. The Hall–Kier alpha value is -2.42. The number of carbonyl (C=O) groups is 1. The van der Waals surface area contributed by atoms with Gasteiger partial charge in [0.15, 0.2) is 0 Å². The normalized spacial score (nSPS) is 18.5. The van der Waals surface area contributed by atoms with E-state index >= 15 is 0 Å². The zero-order valence-electron chi connectivity index (χ0n) is 17.3. The van der Waals surface area contributed by atoms with E-state index in [1.807, 2.05) is 43.3 Å². The molecule has 0 unspecified atom stereocenters. The summed E-state index contributed by atoms with van der Waals surface area (Å²) in [6, 6.07) is 12.7. The van der Waals surface area contributed by atoms with E-state index in [1.165, 1.54) is 4.31 Å². The van der Waals surface area contributed by atoms with Crippen molar-refractivity contribution in [2.75, 3.05) is 37.5 Å². The van der Waals surface area contributed by atoms with Gasteiger partial charge in [-0.2, -0.15) is 4.31 Å². The molecule has 1 amide bonds. The molecule has 0 aromatic heterocycles. The fraction of sp³-hybridized carbons (Fsp3) is 0.409. The van der Waals surface area contributed by atoms with Crippen LogP contribution in [0.15, 0.2) is 47.4 Å². The van der Waals surface area contributed by atoms with Gasteiger partial charge in [0.2, 0.25) is 15.9 Å². The molecule has 7 nitrogen and oxygen atoms in total. The van der Waals surface area contributed by atoms with Crippen LogP contribution in [0.25, 0.3) is 0 Å². The lowest BCUT2D eigenvalue weighted by atomic mass is 10.2. The van der Waals surface area contributed by atoms with Gasteiger partial charge in [0, 0.05) is 45.2 Å². The van der Waals surface area contributed by atoms with E-state index in [-0.39, 0.29) is 29.9 Å². The number of sulfonamides is 1. The van der Waals surface area contributed by atoms with Gasteiger partial charge in [-0.15, -0.1) is 0 Å². The molecule has 1 N–H and O–H groups in total. The third kappa shape index (κ3) is 4.35. The Morgan fingerprint density at radius 1 is 1.13 bits per heavy atom. The molecule has 4 rings (SSSR count). The molecule has 0 saturated carbocycles.